The van der Waals surface area contributed by atoms with Crippen LogP contribution in [0.5, 0.6) is 0 Å². The summed E-state index contributed by atoms with van der Waals surface area (Å²) in [5.74, 6) is 0.556. The van der Waals surface area contributed by atoms with E-state index in [0.29, 0.717) is 11.0 Å². The van der Waals surface area contributed by atoms with Gasteiger partial charge in [-0.15, -0.1) is 0 Å². The van der Waals surface area contributed by atoms with E-state index in [1.165, 1.54) is 12.4 Å². The summed E-state index contributed by atoms with van der Waals surface area (Å²) in [5, 5.41) is 7.26. The van der Waals surface area contributed by atoms with Gasteiger partial charge in [-0.3, -0.25) is 0 Å². The first-order valence-electron chi connectivity index (χ1n) is 5.68. The Balaban J connectivity index is 2.13. The maximum Gasteiger partial charge on any atom is 0.146 e. The Bertz CT molecular complexity index is 553. The Kier molecular flexibility index (Phi) is 3.96. The van der Waals surface area contributed by atoms with Crippen molar-refractivity contribution >= 4 is 21.6 Å². The van der Waals surface area contributed by atoms with Crippen molar-refractivity contribution in [2.45, 2.75) is 26.9 Å². The fourth-order valence-electron chi connectivity index (χ4n) is 1.70. The Hall–Kier alpha value is -1.43. The number of anilines is 1. The maximum absolute atomic E-state index is 13.5. The maximum atomic E-state index is 13.5. The predicted molar refractivity (Wildman–Crippen MR) is 71.9 cm³/mol. The van der Waals surface area contributed by atoms with Gasteiger partial charge in [0.1, 0.15) is 18.0 Å². The Morgan fingerprint density at radius 2 is 2.22 bits per heavy atom. The van der Waals surface area contributed by atoms with Crippen molar-refractivity contribution in [2.75, 3.05) is 5.32 Å². The summed E-state index contributed by atoms with van der Waals surface area (Å²) in [5.41, 5.74) is 1.74. The lowest BCUT2D eigenvalue weighted by molar-refractivity contribution is 0.617. The standard InChI is InChI=1S/C12H14BrFN4/c1-3-18-12(16-7-17-18)6-15-11-5-10(14)9(13)4-8(11)2/h4-5,7,15H,3,6H2,1-2H3. The number of hydrogen-bond donors (Lipinski definition) is 1. The first-order chi connectivity index (χ1) is 8.61. The van der Waals surface area contributed by atoms with Gasteiger partial charge in [0.15, 0.2) is 0 Å². The zero-order valence-corrected chi connectivity index (χ0v) is 11.8. The van der Waals surface area contributed by atoms with Crippen molar-refractivity contribution in [1.82, 2.24) is 14.8 Å². The number of benzene rings is 1. The van der Waals surface area contributed by atoms with E-state index in [1.54, 1.807) is 10.7 Å². The molecule has 1 aromatic carbocycles. The second-order valence-corrected chi connectivity index (χ2v) is 4.78. The van der Waals surface area contributed by atoms with Crippen LogP contribution in [0.1, 0.15) is 18.3 Å². The molecule has 0 saturated heterocycles. The Labute approximate surface area is 113 Å². The molecule has 0 atom stereocenters. The fraction of sp³-hybridized carbons (Fsp3) is 0.333. The van der Waals surface area contributed by atoms with Crippen LogP contribution in [0.3, 0.4) is 0 Å². The van der Waals surface area contributed by atoms with Crippen LogP contribution < -0.4 is 5.32 Å². The van der Waals surface area contributed by atoms with Gasteiger partial charge in [0.2, 0.25) is 0 Å². The molecule has 6 heteroatoms. The zero-order chi connectivity index (χ0) is 13.1. The van der Waals surface area contributed by atoms with E-state index in [0.717, 1.165) is 23.6 Å². The van der Waals surface area contributed by atoms with Crippen molar-refractivity contribution in [3.05, 3.63) is 40.1 Å². The SMILES string of the molecule is CCn1ncnc1CNc1cc(F)c(Br)cc1C. The van der Waals surface area contributed by atoms with E-state index >= 15 is 0 Å². The molecular weight excluding hydrogens is 299 g/mol. The minimum Gasteiger partial charge on any atom is -0.377 e. The summed E-state index contributed by atoms with van der Waals surface area (Å²) in [6, 6.07) is 3.23. The summed E-state index contributed by atoms with van der Waals surface area (Å²) in [7, 11) is 0. The molecule has 0 fully saturated rings. The number of aryl methyl sites for hydroxylation is 2. The molecule has 0 aliphatic rings. The van der Waals surface area contributed by atoms with Crippen molar-refractivity contribution in [1.29, 1.82) is 0 Å². The Morgan fingerprint density at radius 3 is 2.94 bits per heavy atom. The van der Waals surface area contributed by atoms with E-state index in [4.69, 9.17) is 0 Å². The van der Waals surface area contributed by atoms with Crippen LogP contribution >= 0.6 is 15.9 Å². The quantitative estimate of drug-likeness (QED) is 0.943. The normalized spacial score (nSPS) is 10.7. The molecule has 4 nitrogen and oxygen atoms in total. The van der Waals surface area contributed by atoms with Crippen molar-refractivity contribution in [2.24, 2.45) is 0 Å². The molecule has 0 spiro atoms. The summed E-state index contributed by atoms with van der Waals surface area (Å²) >= 11 is 3.16. The summed E-state index contributed by atoms with van der Waals surface area (Å²) in [4.78, 5) is 4.16. The molecular formula is C12H14BrFN4. The third-order valence-corrected chi connectivity index (χ3v) is 3.31. The largest absolute Gasteiger partial charge is 0.377 e. The van der Waals surface area contributed by atoms with E-state index in [2.05, 4.69) is 31.3 Å². The molecule has 0 radical (unpaired) electrons. The van der Waals surface area contributed by atoms with E-state index < -0.39 is 0 Å². The second-order valence-electron chi connectivity index (χ2n) is 3.93. The average molecular weight is 313 g/mol. The third kappa shape index (κ3) is 2.69. The molecule has 0 unspecified atom stereocenters. The highest BCUT2D eigenvalue weighted by Gasteiger charge is 2.07. The molecule has 1 heterocycles. The van der Waals surface area contributed by atoms with Gasteiger partial charge in [-0.05, 0) is 47.5 Å². The second kappa shape index (κ2) is 5.48. The van der Waals surface area contributed by atoms with Crippen molar-refractivity contribution < 1.29 is 4.39 Å². The highest BCUT2D eigenvalue weighted by molar-refractivity contribution is 9.10. The Morgan fingerprint density at radius 1 is 1.44 bits per heavy atom. The van der Waals surface area contributed by atoms with Gasteiger partial charge in [-0.2, -0.15) is 5.10 Å². The summed E-state index contributed by atoms with van der Waals surface area (Å²) in [6.45, 7) is 5.22. The molecule has 2 aromatic rings. The zero-order valence-electron chi connectivity index (χ0n) is 10.2. The molecule has 0 aliphatic carbocycles. The van der Waals surface area contributed by atoms with Crippen molar-refractivity contribution in [3.8, 4) is 0 Å². The topological polar surface area (TPSA) is 42.7 Å². The smallest absolute Gasteiger partial charge is 0.146 e. The van der Waals surface area contributed by atoms with E-state index in [-0.39, 0.29) is 5.82 Å². The summed E-state index contributed by atoms with van der Waals surface area (Å²) in [6.07, 6.45) is 1.52. The van der Waals surface area contributed by atoms with Crippen LogP contribution in [0.15, 0.2) is 22.9 Å². The van der Waals surface area contributed by atoms with Gasteiger partial charge in [-0.1, -0.05) is 0 Å². The monoisotopic (exact) mass is 312 g/mol. The molecule has 0 amide bonds. The number of nitrogens with zero attached hydrogens (tertiary/aromatic N) is 3. The number of halogens is 2. The van der Waals surface area contributed by atoms with Gasteiger partial charge in [-0.25, -0.2) is 14.1 Å². The lowest BCUT2D eigenvalue weighted by Gasteiger charge is -2.10. The first-order valence-corrected chi connectivity index (χ1v) is 6.47. The lowest BCUT2D eigenvalue weighted by atomic mass is 10.2. The lowest BCUT2D eigenvalue weighted by Crippen LogP contribution is -2.09. The van der Waals surface area contributed by atoms with E-state index in [9.17, 15) is 4.39 Å². The number of aromatic nitrogens is 3. The van der Waals surface area contributed by atoms with Crippen LogP contribution in [-0.4, -0.2) is 14.8 Å². The third-order valence-electron chi connectivity index (χ3n) is 2.70. The molecule has 18 heavy (non-hydrogen) atoms. The predicted octanol–water partition coefficient (Wildman–Crippen LogP) is 3.12. The highest BCUT2D eigenvalue weighted by Crippen LogP contribution is 2.24. The van der Waals surface area contributed by atoms with Gasteiger partial charge in [0.25, 0.3) is 0 Å². The molecule has 96 valence electrons. The summed E-state index contributed by atoms with van der Waals surface area (Å²) < 4.78 is 15.7. The van der Waals surface area contributed by atoms with Gasteiger partial charge >= 0.3 is 0 Å². The molecule has 1 N–H and O–H groups in total. The van der Waals surface area contributed by atoms with Crippen LogP contribution in [-0.2, 0) is 13.1 Å². The minimum atomic E-state index is -0.278. The number of rotatable bonds is 4. The molecule has 2 rings (SSSR count). The highest BCUT2D eigenvalue weighted by atomic mass is 79.9. The van der Waals surface area contributed by atoms with Crippen LogP contribution in [0.2, 0.25) is 0 Å². The first kappa shape index (κ1) is 13.0. The molecule has 0 bridgehead atoms. The van der Waals surface area contributed by atoms with E-state index in [1.807, 2.05) is 13.8 Å². The van der Waals surface area contributed by atoms with Gasteiger partial charge in [0.05, 0.1) is 11.0 Å². The van der Waals surface area contributed by atoms with Gasteiger partial charge in [0, 0.05) is 12.2 Å². The van der Waals surface area contributed by atoms with Crippen LogP contribution in [0.25, 0.3) is 0 Å². The fourth-order valence-corrected chi connectivity index (χ4v) is 2.16. The molecule has 1 aromatic heterocycles. The van der Waals surface area contributed by atoms with Crippen LogP contribution in [0, 0.1) is 12.7 Å². The number of nitrogens with one attached hydrogen (secondary N) is 1. The van der Waals surface area contributed by atoms with Crippen LogP contribution in [0.4, 0.5) is 10.1 Å². The average Bonchev–Trinajstić information content (AvgIpc) is 2.79. The minimum absolute atomic E-state index is 0.278. The van der Waals surface area contributed by atoms with Gasteiger partial charge < -0.3 is 5.32 Å². The molecule has 0 saturated carbocycles. The van der Waals surface area contributed by atoms with Crippen molar-refractivity contribution in [3.63, 3.8) is 0 Å². The number of hydrogen-bond acceptors (Lipinski definition) is 3. The molecule has 0 aliphatic heterocycles.